The normalized spacial score (nSPS) is 33.4. The van der Waals surface area contributed by atoms with E-state index in [1.807, 2.05) is 0 Å². The smallest absolute Gasteiger partial charge is 0.338 e. The molecule has 1 aromatic rings. The molecule has 0 aromatic heterocycles. The maximum absolute atomic E-state index is 14.0. The van der Waals surface area contributed by atoms with Gasteiger partial charge < -0.3 is 24.4 Å². The van der Waals surface area contributed by atoms with E-state index in [0.717, 1.165) is 0 Å². The SMILES string of the molecule is C=C1[C@H](OC(=O)CC)C(O)C(=O)C(C)(C)/C=C/[C@@H](C)C(=O)[C@@]2(O)C[C@H](C)[C@H](OC(=O)CC)[C@@H]2[C@H]1OC(=O)c1ccccc1. The van der Waals surface area contributed by atoms with Crippen molar-refractivity contribution in [1.82, 2.24) is 0 Å². The van der Waals surface area contributed by atoms with E-state index in [1.165, 1.54) is 45.1 Å². The number of allylic oxidation sites excluding steroid dienone is 2. The molecule has 1 saturated carbocycles. The van der Waals surface area contributed by atoms with Crippen LogP contribution in [0.4, 0.5) is 0 Å². The molecule has 0 radical (unpaired) electrons. The molecular formula is C33H42O10. The van der Waals surface area contributed by atoms with Gasteiger partial charge in [0.1, 0.15) is 17.8 Å². The summed E-state index contributed by atoms with van der Waals surface area (Å²) in [4.78, 5) is 66.3. The number of ketones is 2. The summed E-state index contributed by atoms with van der Waals surface area (Å²) in [5.74, 6) is -6.57. The molecule has 1 unspecified atom stereocenters. The van der Waals surface area contributed by atoms with Crippen LogP contribution in [-0.2, 0) is 33.4 Å². The van der Waals surface area contributed by atoms with Crippen molar-refractivity contribution < 1.29 is 48.4 Å². The van der Waals surface area contributed by atoms with Crippen LogP contribution in [0.2, 0.25) is 0 Å². The first-order valence-corrected chi connectivity index (χ1v) is 14.6. The Hall–Kier alpha value is -3.63. The van der Waals surface area contributed by atoms with Gasteiger partial charge >= 0.3 is 17.9 Å². The van der Waals surface area contributed by atoms with E-state index in [-0.39, 0.29) is 30.4 Å². The van der Waals surface area contributed by atoms with Crippen LogP contribution in [0.15, 0.2) is 54.6 Å². The molecule has 0 aliphatic heterocycles. The van der Waals surface area contributed by atoms with Gasteiger partial charge in [-0.25, -0.2) is 4.79 Å². The highest BCUT2D eigenvalue weighted by Crippen LogP contribution is 2.49. The van der Waals surface area contributed by atoms with Gasteiger partial charge in [-0.3, -0.25) is 19.2 Å². The summed E-state index contributed by atoms with van der Waals surface area (Å²) in [6.07, 6.45) is -3.79. The topological polar surface area (TPSA) is 154 Å². The summed E-state index contributed by atoms with van der Waals surface area (Å²) >= 11 is 0. The molecule has 234 valence electrons. The zero-order valence-electron chi connectivity index (χ0n) is 25.6. The van der Waals surface area contributed by atoms with E-state index < -0.39 is 82.7 Å². The Bertz CT molecular complexity index is 1280. The maximum atomic E-state index is 14.0. The molecule has 3 rings (SSSR count). The molecule has 0 saturated heterocycles. The average Bonchev–Trinajstić information content (AvgIpc) is 3.24. The van der Waals surface area contributed by atoms with Gasteiger partial charge in [-0.15, -0.1) is 0 Å². The number of esters is 3. The first kappa shape index (κ1) is 33.9. The Morgan fingerprint density at radius 1 is 0.930 bits per heavy atom. The minimum absolute atomic E-state index is 0.00406. The molecule has 0 amide bonds. The van der Waals surface area contributed by atoms with E-state index in [0.29, 0.717) is 0 Å². The number of fused-ring (bicyclic) bond motifs is 1. The van der Waals surface area contributed by atoms with Crippen molar-refractivity contribution in [1.29, 1.82) is 0 Å². The standard InChI is InChI=1S/C33H42O10/c1-8-22(34)41-26-19(4)17-33(40)24(26)27(43-31(39)21-13-11-10-12-14-21)20(5)28(42-23(35)9-2)25(36)30(38)32(6,7)16-15-18(3)29(33)37/h10-16,18-19,24-28,36,40H,5,8-9,17H2,1-4,6-7H3/b16-15+/t18-,19+,24-,25?,26+,27+,28+,33-/m1/s1. The number of ether oxygens (including phenoxy) is 3. The Labute approximate surface area is 252 Å². The lowest BCUT2D eigenvalue weighted by Crippen LogP contribution is -2.56. The lowest BCUT2D eigenvalue weighted by molar-refractivity contribution is -0.167. The predicted molar refractivity (Wildman–Crippen MR) is 155 cm³/mol. The summed E-state index contributed by atoms with van der Waals surface area (Å²) in [6, 6.07) is 7.90. The van der Waals surface area contributed by atoms with Crippen LogP contribution in [0, 0.1) is 23.2 Å². The molecule has 2 aliphatic rings. The number of hydrogen-bond donors (Lipinski definition) is 2. The van der Waals surface area contributed by atoms with Crippen LogP contribution in [0.3, 0.4) is 0 Å². The molecule has 10 nitrogen and oxygen atoms in total. The largest absolute Gasteiger partial charge is 0.461 e. The fourth-order valence-corrected chi connectivity index (χ4v) is 5.82. The maximum Gasteiger partial charge on any atom is 0.338 e. The Kier molecular flexibility index (Phi) is 10.5. The van der Waals surface area contributed by atoms with Crippen molar-refractivity contribution in [2.75, 3.05) is 0 Å². The number of benzene rings is 1. The van der Waals surface area contributed by atoms with E-state index in [9.17, 15) is 34.2 Å². The van der Waals surface area contributed by atoms with Crippen molar-refractivity contribution in [3.05, 3.63) is 60.2 Å². The summed E-state index contributed by atoms with van der Waals surface area (Å²) in [5.41, 5.74) is -3.65. The van der Waals surface area contributed by atoms with Gasteiger partial charge in [-0.2, -0.15) is 0 Å². The number of carbonyl (C=O) groups is 5. The lowest BCUT2D eigenvalue weighted by atomic mass is 9.73. The highest BCUT2D eigenvalue weighted by atomic mass is 16.6. The van der Waals surface area contributed by atoms with Crippen molar-refractivity contribution in [2.24, 2.45) is 23.2 Å². The summed E-state index contributed by atoms with van der Waals surface area (Å²) in [7, 11) is 0. The summed E-state index contributed by atoms with van der Waals surface area (Å²) < 4.78 is 17.3. The number of rotatable bonds is 6. The van der Waals surface area contributed by atoms with Crippen molar-refractivity contribution in [3.63, 3.8) is 0 Å². The lowest BCUT2D eigenvalue weighted by Gasteiger charge is -2.41. The number of carbonyl (C=O) groups excluding carboxylic acids is 5. The fraction of sp³-hybridized carbons (Fsp3) is 0.545. The zero-order valence-corrected chi connectivity index (χ0v) is 25.6. The van der Waals surface area contributed by atoms with Crippen LogP contribution in [-0.4, -0.2) is 69.7 Å². The first-order chi connectivity index (χ1) is 20.1. The third kappa shape index (κ3) is 6.96. The second-order valence-corrected chi connectivity index (χ2v) is 12.0. The van der Waals surface area contributed by atoms with Gasteiger partial charge in [-0.1, -0.05) is 64.6 Å². The minimum atomic E-state index is -2.20. The Morgan fingerprint density at radius 2 is 1.51 bits per heavy atom. The molecule has 0 heterocycles. The highest BCUT2D eigenvalue weighted by molar-refractivity contribution is 5.94. The monoisotopic (exact) mass is 598 g/mol. The van der Waals surface area contributed by atoms with Gasteiger partial charge in [0.2, 0.25) is 0 Å². The quantitative estimate of drug-likeness (QED) is 0.282. The van der Waals surface area contributed by atoms with E-state index in [1.54, 1.807) is 39.0 Å². The van der Waals surface area contributed by atoms with Gasteiger partial charge in [0, 0.05) is 29.7 Å². The van der Waals surface area contributed by atoms with E-state index in [2.05, 4.69) is 6.58 Å². The van der Waals surface area contributed by atoms with Crippen LogP contribution < -0.4 is 0 Å². The molecule has 8 atom stereocenters. The summed E-state index contributed by atoms with van der Waals surface area (Å²) in [5, 5.41) is 23.6. The summed E-state index contributed by atoms with van der Waals surface area (Å²) in [6.45, 7) is 13.4. The molecule has 2 aliphatic carbocycles. The van der Waals surface area contributed by atoms with Crippen LogP contribution in [0.5, 0.6) is 0 Å². The van der Waals surface area contributed by atoms with Crippen LogP contribution >= 0.6 is 0 Å². The number of Topliss-reactive ketones (excluding diaryl/α,β-unsaturated/α-hetero) is 2. The van der Waals surface area contributed by atoms with Gasteiger partial charge in [0.05, 0.1) is 11.5 Å². The van der Waals surface area contributed by atoms with Crippen molar-refractivity contribution in [2.45, 2.75) is 90.8 Å². The molecular weight excluding hydrogens is 556 g/mol. The number of hydrogen-bond acceptors (Lipinski definition) is 10. The molecule has 2 N–H and O–H groups in total. The van der Waals surface area contributed by atoms with E-state index >= 15 is 0 Å². The number of aliphatic hydroxyl groups is 2. The van der Waals surface area contributed by atoms with Gasteiger partial charge in [-0.05, 0) is 38.3 Å². The fourth-order valence-electron chi connectivity index (χ4n) is 5.82. The van der Waals surface area contributed by atoms with Crippen molar-refractivity contribution >= 4 is 29.5 Å². The molecule has 0 bridgehead atoms. The second-order valence-electron chi connectivity index (χ2n) is 12.0. The highest BCUT2D eigenvalue weighted by Gasteiger charge is 2.62. The Balaban J connectivity index is 2.32. The van der Waals surface area contributed by atoms with Crippen LogP contribution in [0.25, 0.3) is 0 Å². The Morgan fingerprint density at radius 3 is 2.09 bits per heavy atom. The molecule has 0 spiro atoms. The first-order valence-electron chi connectivity index (χ1n) is 14.6. The molecule has 1 aromatic carbocycles. The second kappa shape index (κ2) is 13.3. The van der Waals surface area contributed by atoms with Gasteiger partial charge in [0.15, 0.2) is 23.8 Å². The molecule has 1 fully saturated rings. The zero-order chi connectivity index (χ0) is 32.3. The van der Waals surface area contributed by atoms with Crippen molar-refractivity contribution in [3.8, 4) is 0 Å². The average molecular weight is 599 g/mol. The molecule has 10 heteroatoms. The van der Waals surface area contributed by atoms with Gasteiger partial charge in [0.25, 0.3) is 0 Å². The predicted octanol–water partition coefficient (Wildman–Crippen LogP) is 3.53. The molecule has 43 heavy (non-hydrogen) atoms. The van der Waals surface area contributed by atoms with Crippen LogP contribution in [0.1, 0.15) is 71.2 Å². The third-order valence-electron chi connectivity index (χ3n) is 8.34. The van der Waals surface area contributed by atoms with E-state index in [4.69, 9.17) is 14.2 Å². The third-order valence-corrected chi connectivity index (χ3v) is 8.34. The minimum Gasteiger partial charge on any atom is -0.461 e. The number of aliphatic hydroxyl groups excluding tert-OH is 1.